The van der Waals surface area contributed by atoms with Crippen LogP contribution in [0.4, 0.5) is 10.5 Å². The van der Waals surface area contributed by atoms with Gasteiger partial charge in [-0.2, -0.15) is 0 Å². The zero-order chi connectivity index (χ0) is 17.4. The first kappa shape index (κ1) is 15.3. The number of barbiturate groups is 1. The fourth-order valence-electron chi connectivity index (χ4n) is 3.32. The molecule has 0 atom stereocenters. The molecule has 1 fully saturated rings. The molecule has 0 bridgehead atoms. The fraction of sp³-hybridized carbons (Fsp3) is 0.150. The van der Waals surface area contributed by atoms with Gasteiger partial charge in [0, 0.05) is 0 Å². The maximum atomic E-state index is 12.8. The SMILES string of the molecule is O=C1NC(=O)N(c2ccccc2)C(=O)C1=Cc1ccc2c(c1)CCC2. The molecule has 25 heavy (non-hydrogen) atoms. The number of hydrogen-bond acceptors (Lipinski definition) is 3. The maximum absolute atomic E-state index is 12.8. The van der Waals surface area contributed by atoms with Gasteiger partial charge >= 0.3 is 6.03 Å². The number of nitrogens with one attached hydrogen (secondary N) is 1. The number of carbonyl (C=O) groups excluding carboxylic acids is 3. The number of urea groups is 1. The number of benzene rings is 2. The number of hydrogen-bond donors (Lipinski definition) is 1. The van der Waals surface area contributed by atoms with E-state index in [4.69, 9.17) is 0 Å². The van der Waals surface area contributed by atoms with Crippen molar-refractivity contribution in [3.8, 4) is 0 Å². The Bertz CT molecular complexity index is 916. The lowest BCUT2D eigenvalue weighted by Gasteiger charge is -2.26. The summed E-state index contributed by atoms with van der Waals surface area (Å²) in [5, 5.41) is 2.24. The van der Waals surface area contributed by atoms with Gasteiger partial charge in [0.2, 0.25) is 0 Å². The number of amides is 4. The molecule has 0 saturated carbocycles. The van der Waals surface area contributed by atoms with Gasteiger partial charge in [-0.15, -0.1) is 0 Å². The molecule has 0 radical (unpaired) electrons. The molecule has 124 valence electrons. The van der Waals surface area contributed by atoms with E-state index in [-0.39, 0.29) is 5.57 Å². The molecule has 1 N–H and O–H groups in total. The number of imide groups is 2. The van der Waals surface area contributed by atoms with E-state index in [0.29, 0.717) is 5.69 Å². The van der Waals surface area contributed by atoms with Crippen molar-refractivity contribution in [1.82, 2.24) is 5.32 Å². The van der Waals surface area contributed by atoms with Crippen LogP contribution in [-0.4, -0.2) is 17.8 Å². The minimum absolute atomic E-state index is 0.0404. The van der Waals surface area contributed by atoms with Gasteiger partial charge in [-0.25, -0.2) is 9.69 Å². The first-order valence-electron chi connectivity index (χ1n) is 8.22. The second kappa shape index (κ2) is 6.02. The quantitative estimate of drug-likeness (QED) is 0.679. The van der Waals surface area contributed by atoms with E-state index < -0.39 is 17.8 Å². The topological polar surface area (TPSA) is 66.5 Å². The highest BCUT2D eigenvalue weighted by Gasteiger charge is 2.36. The first-order valence-corrected chi connectivity index (χ1v) is 8.22. The van der Waals surface area contributed by atoms with E-state index in [0.717, 1.165) is 29.7 Å². The number of rotatable bonds is 2. The molecule has 4 rings (SSSR count). The fourth-order valence-corrected chi connectivity index (χ4v) is 3.32. The van der Waals surface area contributed by atoms with Gasteiger partial charge in [-0.3, -0.25) is 14.9 Å². The number of nitrogens with zero attached hydrogens (tertiary/aromatic N) is 1. The molecule has 0 spiro atoms. The summed E-state index contributed by atoms with van der Waals surface area (Å²) in [7, 11) is 0. The summed E-state index contributed by atoms with van der Waals surface area (Å²) in [5.74, 6) is -1.27. The van der Waals surface area contributed by atoms with Gasteiger partial charge in [-0.05, 0) is 54.2 Å². The Balaban J connectivity index is 1.72. The Morgan fingerprint density at radius 2 is 1.68 bits per heavy atom. The van der Waals surface area contributed by atoms with Crippen LogP contribution >= 0.6 is 0 Å². The van der Waals surface area contributed by atoms with E-state index in [9.17, 15) is 14.4 Å². The molecule has 1 saturated heterocycles. The van der Waals surface area contributed by atoms with Crippen molar-refractivity contribution >= 4 is 29.6 Å². The number of para-hydroxylation sites is 1. The minimum atomic E-state index is -0.729. The van der Waals surface area contributed by atoms with Crippen molar-refractivity contribution in [3.63, 3.8) is 0 Å². The molecule has 2 aliphatic rings. The van der Waals surface area contributed by atoms with Gasteiger partial charge < -0.3 is 0 Å². The molecule has 1 aliphatic heterocycles. The largest absolute Gasteiger partial charge is 0.335 e. The maximum Gasteiger partial charge on any atom is 0.335 e. The molecule has 0 aromatic heterocycles. The zero-order valence-corrected chi connectivity index (χ0v) is 13.5. The molecule has 5 nitrogen and oxygen atoms in total. The van der Waals surface area contributed by atoms with E-state index in [1.165, 1.54) is 11.1 Å². The molecule has 5 heteroatoms. The lowest BCUT2D eigenvalue weighted by Crippen LogP contribution is -2.54. The van der Waals surface area contributed by atoms with Crippen LogP contribution in [0.15, 0.2) is 54.1 Å². The lowest BCUT2D eigenvalue weighted by molar-refractivity contribution is -0.122. The summed E-state index contributed by atoms with van der Waals surface area (Å²) in [6.07, 6.45) is 4.77. The van der Waals surface area contributed by atoms with Gasteiger partial charge in [0.25, 0.3) is 11.8 Å². The Hall–Kier alpha value is -3.21. The van der Waals surface area contributed by atoms with Crippen LogP contribution in [0.5, 0.6) is 0 Å². The third-order valence-electron chi connectivity index (χ3n) is 4.55. The van der Waals surface area contributed by atoms with Crippen LogP contribution in [0.2, 0.25) is 0 Å². The van der Waals surface area contributed by atoms with E-state index in [1.807, 2.05) is 18.2 Å². The van der Waals surface area contributed by atoms with Gasteiger partial charge in [0.05, 0.1) is 5.69 Å². The van der Waals surface area contributed by atoms with E-state index in [1.54, 1.807) is 36.4 Å². The highest BCUT2D eigenvalue weighted by molar-refractivity contribution is 6.39. The van der Waals surface area contributed by atoms with Crippen molar-refractivity contribution in [2.45, 2.75) is 19.3 Å². The standard InChI is InChI=1S/C20H16N2O3/c23-18-17(12-13-9-10-14-5-4-6-15(14)11-13)19(24)22(20(25)21-18)16-7-2-1-3-8-16/h1-3,7-12H,4-6H2,(H,21,23,25). The molecule has 4 amide bonds. The summed E-state index contributed by atoms with van der Waals surface area (Å²) in [5.41, 5.74) is 3.76. The molecule has 1 aliphatic carbocycles. The Kier molecular flexibility index (Phi) is 3.69. The van der Waals surface area contributed by atoms with Gasteiger partial charge in [0.15, 0.2) is 0 Å². The highest BCUT2D eigenvalue weighted by atomic mass is 16.2. The Morgan fingerprint density at radius 3 is 2.48 bits per heavy atom. The first-order chi connectivity index (χ1) is 12.1. The monoisotopic (exact) mass is 332 g/mol. The molecule has 1 heterocycles. The van der Waals surface area contributed by atoms with Crippen LogP contribution in [0.25, 0.3) is 6.08 Å². The summed E-state index contributed by atoms with van der Waals surface area (Å²) < 4.78 is 0. The van der Waals surface area contributed by atoms with Gasteiger partial charge in [0.1, 0.15) is 5.57 Å². The average molecular weight is 332 g/mol. The smallest absolute Gasteiger partial charge is 0.273 e. The van der Waals surface area contributed by atoms with Crippen molar-refractivity contribution in [2.24, 2.45) is 0 Å². The van der Waals surface area contributed by atoms with Crippen LogP contribution < -0.4 is 10.2 Å². The van der Waals surface area contributed by atoms with Crippen molar-refractivity contribution in [3.05, 3.63) is 70.8 Å². The number of aryl methyl sites for hydroxylation is 2. The molecule has 0 unspecified atom stereocenters. The number of fused-ring (bicyclic) bond motifs is 1. The summed E-state index contributed by atoms with van der Waals surface area (Å²) in [6.45, 7) is 0. The van der Waals surface area contributed by atoms with Gasteiger partial charge in [-0.1, -0.05) is 36.4 Å². The van der Waals surface area contributed by atoms with Crippen LogP contribution in [0, 0.1) is 0 Å². The predicted octanol–water partition coefficient (Wildman–Crippen LogP) is 2.84. The summed E-state index contributed by atoms with van der Waals surface area (Å²) >= 11 is 0. The third-order valence-corrected chi connectivity index (χ3v) is 4.55. The molecular formula is C20H16N2O3. The van der Waals surface area contributed by atoms with Crippen molar-refractivity contribution in [2.75, 3.05) is 4.90 Å². The van der Waals surface area contributed by atoms with Crippen molar-refractivity contribution < 1.29 is 14.4 Å². The van der Waals surface area contributed by atoms with E-state index >= 15 is 0 Å². The summed E-state index contributed by atoms with van der Waals surface area (Å²) in [6, 6.07) is 13.8. The highest BCUT2D eigenvalue weighted by Crippen LogP contribution is 2.25. The van der Waals surface area contributed by atoms with Crippen LogP contribution in [0.3, 0.4) is 0 Å². The van der Waals surface area contributed by atoms with E-state index in [2.05, 4.69) is 5.32 Å². The average Bonchev–Trinajstić information content (AvgIpc) is 3.07. The Labute approximate surface area is 145 Å². The Morgan fingerprint density at radius 1 is 0.920 bits per heavy atom. The van der Waals surface area contributed by atoms with Crippen molar-refractivity contribution in [1.29, 1.82) is 0 Å². The minimum Gasteiger partial charge on any atom is -0.273 e. The summed E-state index contributed by atoms with van der Waals surface area (Å²) in [4.78, 5) is 38.0. The number of carbonyl (C=O) groups is 3. The third kappa shape index (κ3) is 2.74. The lowest BCUT2D eigenvalue weighted by atomic mass is 10.0. The molecule has 2 aromatic rings. The molecular weight excluding hydrogens is 316 g/mol. The number of anilines is 1. The predicted molar refractivity (Wildman–Crippen MR) is 93.9 cm³/mol. The normalized spacial score (nSPS) is 18.5. The second-order valence-corrected chi connectivity index (χ2v) is 6.18. The zero-order valence-electron chi connectivity index (χ0n) is 13.5. The van der Waals surface area contributed by atoms with Crippen LogP contribution in [-0.2, 0) is 22.4 Å². The second-order valence-electron chi connectivity index (χ2n) is 6.18. The molecule has 2 aromatic carbocycles. The van der Waals surface area contributed by atoms with Crippen LogP contribution in [0.1, 0.15) is 23.1 Å².